The third kappa shape index (κ3) is 7.38. The van der Waals surface area contributed by atoms with Crippen molar-refractivity contribution in [2.24, 2.45) is 0 Å². The standard InChI is InChI=1S/C54H55N/c1-53(2,3)42-35-41(36-43(37-42)54(4,5)6)45-28-14-17-33-50(45)55(49-32-16-13-27-44(49)38-21-9-7-10-22-38)51-34-18-15-29-47(51)48-31-20-26-40-25-19-30-46(52(40)48)39-23-11-8-12-24-39/h7,9-10,13-22,25-37,39H,8,11-12,23-24H2,1-6H3. The van der Waals surface area contributed by atoms with Crippen molar-refractivity contribution in [1.29, 1.82) is 0 Å². The maximum absolute atomic E-state index is 2.55. The summed E-state index contributed by atoms with van der Waals surface area (Å²) in [5.41, 5.74) is 15.1. The van der Waals surface area contributed by atoms with Crippen LogP contribution in [0.15, 0.2) is 158 Å². The Labute approximate surface area is 329 Å². The molecule has 1 nitrogen and oxygen atoms in total. The summed E-state index contributed by atoms with van der Waals surface area (Å²) >= 11 is 0. The summed E-state index contributed by atoms with van der Waals surface area (Å²) in [5, 5.41) is 2.72. The van der Waals surface area contributed by atoms with E-state index in [-0.39, 0.29) is 10.8 Å². The molecule has 0 N–H and O–H groups in total. The molecule has 8 rings (SSSR count). The van der Waals surface area contributed by atoms with Crippen molar-refractivity contribution in [3.05, 3.63) is 174 Å². The zero-order valence-electron chi connectivity index (χ0n) is 33.6. The molecule has 0 atom stereocenters. The van der Waals surface area contributed by atoms with Crippen LogP contribution in [0.4, 0.5) is 17.1 Å². The highest BCUT2D eigenvalue weighted by Gasteiger charge is 2.27. The summed E-state index contributed by atoms with van der Waals surface area (Å²) in [6, 6.07) is 59.2. The minimum atomic E-state index is 0.00154. The van der Waals surface area contributed by atoms with Gasteiger partial charge in [-0.3, -0.25) is 0 Å². The van der Waals surface area contributed by atoms with Gasteiger partial charge in [0.1, 0.15) is 0 Å². The Kier molecular flexibility index (Phi) is 9.99. The average molecular weight is 718 g/mol. The lowest BCUT2D eigenvalue weighted by atomic mass is 9.78. The van der Waals surface area contributed by atoms with Crippen molar-refractivity contribution in [3.8, 4) is 33.4 Å². The van der Waals surface area contributed by atoms with Crippen LogP contribution in [0.2, 0.25) is 0 Å². The summed E-state index contributed by atoms with van der Waals surface area (Å²) < 4.78 is 0. The van der Waals surface area contributed by atoms with Crippen LogP contribution >= 0.6 is 0 Å². The third-order valence-electron chi connectivity index (χ3n) is 11.8. The van der Waals surface area contributed by atoms with Crippen LogP contribution < -0.4 is 4.90 Å². The van der Waals surface area contributed by atoms with E-state index in [2.05, 4.69) is 204 Å². The molecular weight excluding hydrogens is 663 g/mol. The zero-order valence-corrected chi connectivity index (χ0v) is 33.6. The number of fused-ring (bicyclic) bond motifs is 1. The van der Waals surface area contributed by atoms with E-state index in [0.717, 1.165) is 11.4 Å². The first kappa shape index (κ1) is 36.6. The lowest BCUT2D eigenvalue weighted by molar-refractivity contribution is 0.445. The third-order valence-corrected chi connectivity index (χ3v) is 11.8. The van der Waals surface area contributed by atoms with Crippen molar-refractivity contribution in [3.63, 3.8) is 0 Å². The minimum Gasteiger partial charge on any atom is -0.309 e. The van der Waals surface area contributed by atoms with Crippen molar-refractivity contribution in [1.82, 2.24) is 0 Å². The highest BCUT2D eigenvalue weighted by molar-refractivity contribution is 6.05. The number of rotatable bonds is 7. The molecule has 1 fully saturated rings. The Balaban J connectivity index is 1.43. The Bertz CT molecular complexity index is 2390. The molecule has 1 aliphatic rings. The number of hydrogen-bond acceptors (Lipinski definition) is 1. The molecule has 0 aromatic heterocycles. The van der Waals surface area contributed by atoms with E-state index in [1.54, 1.807) is 0 Å². The van der Waals surface area contributed by atoms with Gasteiger partial charge in [0.05, 0.1) is 17.1 Å². The Hall–Kier alpha value is -5.40. The first-order valence-corrected chi connectivity index (χ1v) is 20.4. The van der Waals surface area contributed by atoms with Crippen LogP contribution in [0.25, 0.3) is 44.2 Å². The molecule has 0 heterocycles. The molecule has 0 saturated heterocycles. The fourth-order valence-corrected chi connectivity index (χ4v) is 8.73. The highest BCUT2D eigenvalue weighted by Crippen LogP contribution is 2.50. The van der Waals surface area contributed by atoms with Crippen LogP contribution in [-0.2, 0) is 10.8 Å². The summed E-state index contributed by atoms with van der Waals surface area (Å²) in [6.07, 6.45) is 6.51. The van der Waals surface area contributed by atoms with E-state index in [0.29, 0.717) is 5.92 Å². The predicted molar refractivity (Wildman–Crippen MR) is 238 cm³/mol. The summed E-state index contributed by atoms with van der Waals surface area (Å²) in [4.78, 5) is 2.55. The fourth-order valence-electron chi connectivity index (χ4n) is 8.73. The van der Waals surface area contributed by atoms with Gasteiger partial charge in [0, 0.05) is 16.7 Å². The molecule has 1 saturated carbocycles. The molecule has 1 heteroatoms. The lowest BCUT2D eigenvalue weighted by Crippen LogP contribution is -2.17. The van der Waals surface area contributed by atoms with Gasteiger partial charge in [-0.05, 0) is 91.9 Å². The second kappa shape index (κ2) is 15.0. The second-order valence-corrected chi connectivity index (χ2v) is 17.6. The van der Waals surface area contributed by atoms with Gasteiger partial charge < -0.3 is 4.90 Å². The molecule has 55 heavy (non-hydrogen) atoms. The molecular formula is C54H55N. The van der Waals surface area contributed by atoms with Gasteiger partial charge in [0.25, 0.3) is 0 Å². The van der Waals surface area contributed by atoms with Crippen LogP contribution in [0.1, 0.15) is 96.3 Å². The first-order chi connectivity index (χ1) is 26.6. The van der Waals surface area contributed by atoms with Gasteiger partial charge in [-0.2, -0.15) is 0 Å². The predicted octanol–water partition coefficient (Wildman–Crippen LogP) is 16.0. The van der Waals surface area contributed by atoms with Crippen LogP contribution in [0.3, 0.4) is 0 Å². The van der Waals surface area contributed by atoms with Crippen LogP contribution in [-0.4, -0.2) is 0 Å². The zero-order chi connectivity index (χ0) is 38.2. The SMILES string of the molecule is CC(C)(C)c1cc(-c2ccccc2N(c2ccccc2-c2ccccc2)c2ccccc2-c2cccc3cccc(C4CCCCC4)c23)cc(C(C)(C)C)c1. The van der Waals surface area contributed by atoms with Gasteiger partial charge in [-0.15, -0.1) is 0 Å². The Morgan fingerprint density at radius 2 is 0.891 bits per heavy atom. The molecule has 0 spiro atoms. The molecule has 0 aliphatic heterocycles. The normalized spacial score (nSPS) is 13.9. The molecule has 7 aromatic carbocycles. The van der Waals surface area contributed by atoms with Gasteiger partial charge in [0.2, 0.25) is 0 Å². The molecule has 1 aliphatic carbocycles. The molecule has 0 radical (unpaired) electrons. The van der Waals surface area contributed by atoms with Crippen molar-refractivity contribution >= 4 is 27.8 Å². The summed E-state index contributed by atoms with van der Waals surface area (Å²) in [5.74, 6) is 0.591. The minimum absolute atomic E-state index is 0.00154. The van der Waals surface area contributed by atoms with Gasteiger partial charge in [0.15, 0.2) is 0 Å². The van der Waals surface area contributed by atoms with E-state index < -0.39 is 0 Å². The van der Waals surface area contributed by atoms with Crippen LogP contribution in [0, 0.1) is 0 Å². The Morgan fingerprint density at radius 3 is 1.47 bits per heavy atom. The van der Waals surface area contributed by atoms with E-state index in [9.17, 15) is 0 Å². The van der Waals surface area contributed by atoms with Crippen molar-refractivity contribution in [2.75, 3.05) is 4.90 Å². The first-order valence-electron chi connectivity index (χ1n) is 20.4. The quantitative estimate of drug-likeness (QED) is 0.159. The van der Waals surface area contributed by atoms with Gasteiger partial charge >= 0.3 is 0 Å². The topological polar surface area (TPSA) is 3.24 Å². The van der Waals surface area contributed by atoms with Crippen molar-refractivity contribution < 1.29 is 0 Å². The lowest BCUT2D eigenvalue weighted by Gasteiger charge is -2.33. The largest absolute Gasteiger partial charge is 0.309 e. The number of anilines is 3. The monoisotopic (exact) mass is 717 g/mol. The average Bonchev–Trinajstić information content (AvgIpc) is 3.21. The van der Waals surface area contributed by atoms with Crippen LogP contribution in [0.5, 0.6) is 0 Å². The molecule has 0 bridgehead atoms. The number of benzene rings is 7. The maximum atomic E-state index is 2.55. The molecule has 276 valence electrons. The van der Waals surface area contributed by atoms with Gasteiger partial charge in [-0.1, -0.05) is 200 Å². The highest BCUT2D eigenvalue weighted by atomic mass is 15.1. The smallest absolute Gasteiger partial charge is 0.0540 e. The van der Waals surface area contributed by atoms with E-state index in [4.69, 9.17) is 0 Å². The number of hydrogen-bond donors (Lipinski definition) is 0. The molecule has 0 unspecified atom stereocenters. The molecule has 7 aromatic rings. The van der Waals surface area contributed by atoms with E-state index >= 15 is 0 Å². The fraction of sp³-hybridized carbons (Fsp3) is 0.259. The summed E-state index contributed by atoms with van der Waals surface area (Å²) in [7, 11) is 0. The molecule has 0 amide bonds. The second-order valence-electron chi connectivity index (χ2n) is 17.6. The van der Waals surface area contributed by atoms with Crippen molar-refractivity contribution in [2.45, 2.75) is 90.4 Å². The Morgan fingerprint density at radius 1 is 0.418 bits per heavy atom. The number of nitrogens with zero attached hydrogens (tertiary/aromatic N) is 1. The maximum Gasteiger partial charge on any atom is 0.0540 e. The number of para-hydroxylation sites is 3. The summed E-state index contributed by atoms with van der Waals surface area (Å²) in [6.45, 7) is 14.0. The van der Waals surface area contributed by atoms with E-state index in [1.165, 1.54) is 98.6 Å². The van der Waals surface area contributed by atoms with Gasteiger partial charge in [-0.25, -0.2) is 0 Å². The van der Waals surface area contributed by atoms with E-state index in [1.807, 2.05) is 0 Å².